The molecule has 0 amide bonds. The monoisotopic (exact) mass is 265 g/mol. The zero-order valence-electron chi connectivity index (χ0n) is 12.7. The maximum atomic E-state index is 6.21. The van der Waals surface area contributed by atoms with Gasteiger partial charge in [-0.25, -0.2) is 0 Å². The third kappa shape index (κ3) is 3.37. The van der Waals surface area contributed by atoms with Crippen LogP contribution in [0.25, 0.3) is 0 Å². The maximum Gasteiger partial charge on any atom is 0.0892 e. The fourth-order valence-corrected chi connectivity index (χ4v) is 2.82. The Morgan fingerprint density at radius 3 is 2.42 bits per heavy atom. The van der Waals surface area contributed by atoms with Crippen molar-refractivity contribution in [3.8, 4) is 0 Å². The average Bonchev–Trinajstić information content (AvgIpc) is 2.68. The second-order valence-corrected chi connectivity index (χ2v) is 6.74. The van der Waals surface area contributed by atoms with Crippen LogP contribution in [-0.4, -0.2) is 21.9 Å². The lowest BCUT2D eigenvalue weighted by Crippen LogP contribution is -2.45. The lowest BCUT2D eigenvalue weighted by atomic mass is 9.71. The molecule has 0 saturated heterocycles. The highest BCUT2D eigenvalue weighted by Crippen LogP contribution is 2.41. The molecule has 0 spiro atoms. The molecule has 0 aromatic carbocycles. The fourth-order valence-electron chi connectivity index (χ4n) is 2.82. The maximum absolute atomic E-state index is 6.21. The highest BCUT2D eigenvalue weighted by molar-refractivity contribution is 5.07. The van der Waals surface area contributed by atoms with Crippen LogP contribution in [0.5, 0.6) is 0 Å². The van der Waals surface area contributed by atoms with Crippen molar-refractivity contribution in [3.05, 3.63) is 17.5 Å². The van der Waals surface area contributed by atoms with Crippen molar-refractivity contribution in [1.29, 1.82) is 0 Å². The number of nitrogens with two attached hydrogens (primary N) is 1. The van der Waals surface area contributed by atoms with Crippen molar-refractivity contribution in [2.75, 3.05) is 6.54 Å². The summed E-state index contributed by atoms with van der Waals surface area (Å²) in [6.07, 6.45) is 4.50. The van der Waals surface area contributed by atoms with Crippen LogP contribution in [0.3, 0.4) is 0 Å². The summed E-state index contributed by atoms with van der Waals surface area (Å²) in [6, 6.07) is 2.08. The summed E-state index contributed by atoms with van der Waals surface area (Å²) in [4.78, 5) is 0. The van der Waals surface area contributed by atoms with E-state index in [1.807, 2.05) is 18.7 Å². The van der Waals surface area contributed by atoms with Crippen molar-refractivity contribution >= 4 is 0 Å². The van der Waals surface area contributed by atoms with Crippen molar-refractivity contribution in [3.63, 3.8) is 0 Å². The van der Waals surface area contributed by atoms with E-state index < -0.39 is 0 Å². The SMILES string of the molecule is Cc1cc(COC2(CN)CCC(C)(C)CC2)n(C)n1. The van der Waals surface area contributed by atoms with Gasteiger partial charge in [-0.05, 0) is 44.1 Å². The molecule has 0 atom stereocenters. The molecule has 2 N–H and O–H groups in total. The minimum Gasteiger partial charge on any atom is -0.367 e. The van der Waals surface area contributed by atoms with Gasteiger partial charge in [-0.3, -0.25) is 4.68 Å². The van der Waals surface area contributed by atoms with Gasteiger partial charge in [0.2, 0.25) is 0 Å². The predicted octanol–water partition coefficient (Wildman–Crippen LogP) is 2.54. The van der Waals surface area contributed by atoms with Crippen LogP contribution in [0.15, 0.2) is 6.07 Å². The standard InChI is InChI=1S/C15H27N3O/c1-12-9-13(18(4)17-12)10-19-15(11-16)7-5-14(2,3)6-8-15/h9H,5-8,10-11,16H2,1-4H3. The van der Waals surface area contributed by atoms with Gasteiger partial charge < -0.3 is 10.5 Å². The molecule has 4 nitrogen and oxygen atoms in total. The molecule has 0 radical (unpaired) electrons. The molecule has 2 rings (SSSR count). The first kappa shape index (κ1) is 14.5. The summed E-state index contributed by atoms with van der Waals surface area (Å²) in [7, 11) is 1.96. The first-order chi connectivity index (χ1) is 8.86. The molecule has 108 valence electrons. The van der Waals surface area contributed by atoms with Crippen molar-refractivity contribution in [2.24, 2.45) is 18.2 Å². The Morgan fingerprint density at radius 2 is 1.95 bits per heavy atom. The molecular formula is C15H27N3O. The number of ether oxygens (including phenoxy) is 1. The Morgan fingerprint density at radius 1 is 1.32 bits per heavy atom. The molecule has 1 fully saturated rings. The van der Waals surface area contributed by atoms with E-state index in [9.17, 15) is 0 Å². The summed E-state index contributed by atoms with van der Waals surface area (Å²) in [5.41, 5.74) is 8.45. The van der Waals surface area contributed by atoms with E-state index in [-0.39, 0.29) is 5.60 Å². The summed E-state index contributed by atoms with van der Waals surface area (Å²) in [6.45, 7) is 7.88. The minimum absolute atomic E-state index is 0.131. The second kappa shape index (κ2) is 5.25. The number of aryl methyl sites for hydroxylation is 2. The van der Waals surface area contributed by atoms with E-state index in [0.717, 1.165) is 24.2 Å². The summed E-state index contributed by atoms with van der Waals surface area (Å²) in [5, 5.41) is 4.35. The molecule has 0 bridgehead atoms. The van der Waals surface area contributed by atoms with E-state index in [0.29, 0.717) is 18.6 Å². The quantitative estimate of drug-likeness (QED) is 0.910. The first-order valence-electron chi connectivity index (χ1n) is 7.19. The van der Waals surface area contributed by atoms with Crippen LogP contribution in [0.2, 0.25) is 0 Å². The van der Waals surface area contributed by atoms with Gasteiger partial charge in [0.05, 0.1) is 23.6 Å². The van der Waals surface area contributed by atoms with E-state index in [4.69, 9.17) is 10.5 Å². The zero-order valence-corrected chi connectivity index (χ0v) is 12.7. The average molecular weight is 265 g/mol. The molecule has 0 unspecified atom stereocenters. The van der Waals surface area contributed by atoms with E-state index in [1.54, 1.807) is 0 Å². The van der Waals surface area contributed by atoms with Crippen LogP contribution in [-0.2, 0) is 18.4 Å². The summed E-state index contributed by atoms with van der Waals surface area (Å²) in [5.74, 6) is 0. The highest BCUT2D eigenvalue weighted by atomic mass is 16.5. The Bertz CT molecular complexity index is 427. The van der Waals surface area contributed by atoms with Crippen LogP contribution in [0.4, 0.5) is 0 Å². The number of rotatable bonds is 4. The molecule has 19 heavy (non-hydrogen) atoms. The summed E-state index contributed by atoms with van der Waals surface area (Å²) >= 11 is 0. The largest absolute Gasteiger partial charge is 0.367 e. The first-order valence-corrected chi connectivity index (χ1v) is 7.19. The second-order valence-electron chi connectivity index (χ2n) is 6.74. The molecule has 1 aromatic heterocycles. The van der Waals surface area contributed by atoms with Crippen LogP contribution >= 0.6 is 0 Å². The van der Waals surface area contributed by atoms with Crippen LogP contribution in [0.1, 0.15) is 50.9 Å². The van der Waals surface area contributed by atoms with Gasteiger partial charge in [0.25, 0.3) is 0 Å². The number of hydrogen-bond acceptors (Lipinski definition) is 3. The minimum atomic E-state index is -0.131. The highest BCUT2D eigenvalue weighted by Gasteiger charge is 2.38. The number of hydrogen-bond donors (Lipinski definition) is 1. The number of aromatic nitrogens is 2. The zero-order chi connectivity index (χ0) is 14.1. The third-order valence-corrected chi connectivity index (χ3v) is 4.51. The van der Waals surface area contributed by atoms with E-state index in [2.05, 4.69) is 25.0 Å². The van der Waals surface area contributed by atoms with Crippen LogP contribution in [0, 0.1) is 12.3 Å². The summed E-state index contributed by atoms with van der Waals surface area (Å²) < 4.78 is 8.10. The van der Waals surface area contributed by atoms with Gasteiger partial charge >= 0.3 is 0 Å². The normalized spacial score (nSPS) is 21.5. The Labute approximate surface area is 116 Å². The topological polar surface area (TPSA) is 53.1 Å². The fraction of sp³-hybridized carbons (Fsp3) is 0.800. The van der Waals surface area contributed by atoms with Gasteiger partial charge in [0, 0.05) is 13.6 Å². The number of nitrogens with zero attached hydrogens (tertiary/aromatic N) is 2. The molecule has 0 aliphatic heterocycles. The lowest BCUT2D eigenvalue weighted by Gasteiger charge is -2.42. The van der Waals surface area contributed by atoms with Gasteiger partial charge in [0.15, 0.2) is 0 Å². The van der Waals surface area contributed by atoms with Gasteiger partial charge in [-0.15, -0.1) is 0 Å². The molecule has 1 aromatic rings. The molecule has 4 heteroatoms. The Hall–Kier alpha value is -0.870. The van der Waals surface area contributed by atoms with E-state index in [1.165, 1.54) is 12.8 Å². The van der Waals surface area contributed by atoms with E-state index >= 15 is 0 Å². The molecule has 1 aliphatic rings. The van der Waals surface area contributed by atoms with Crippen molar-refractivity contribution < 1.29 is 4.74 Å². The molecule has 1 heterocycles. The molecule has 1 saturated carbocycles. The molecular weight excluding hydrogens is 238 g/mol. The predicted molar refractivity (Wildman–Crippen MR) is 76.8 cm³/mol. The smallest absolute Gasteiger partial charge is 0.0892 e. The Balaban J connectivity index is 1.98. The van der Waals surface area contributed by atoms with Crippen LogP contribution < -0.4 is 5.73 Å². The van der Waals surface area contributed by atoms with Gasteiger partial charge in [-0.2, -0.15) is 5.10 Å². The van der Waals surface area contributed by atoms with Gasteiger partial charge in [-0.1, -0.05) is 13.8 Å². The Kier molecular flexibility index (Phi) is 4.02. The third-order valence-electron chi connectivity index (χ3n) is 4.51. The van der Waals surface area contributed by atoms with Crippen molar-refractivity contribution in [1.82, 2.24) is 9.78 Å². The van der Waals surface area contributed by atoms with Gasteiger partial charge in [0.1, 0.15) is 0 Å². The molecule has 1 aliphatic carbocycles. The van der Waals surface area contributed by atoms with Crippen molar-refractivity contribution in [2.45, 2.75) is 58.7 Å². The lowest BCUT2D eigenvalue weighted by molar-refractivity contribution is -0.0920.